The van der Waals surface area contributed by atoms with E-state index < -0.39 is 0 Å². The van der Waals surface area contributed by atoms with Crippen LogP contribution >= 0.6 is 24.9 Å². The summed E-state index contributed by atoms with van der Waals surface area (Å²) in [4.78, 5) is 0. The van der Waals surface area contributed by atoms with Gasteiger partial charge >= 0.3 is 0 Å². The van der Waals surface area contributed by atoms with Crippen molar-refractivity contribution in [2.75, 3.05) is 31.7 Å². The number of unbranched alkanes of at least 4 members (excludes halogenated alkanes) is 4. The number of rotatable bonds is 12. The first kappa shape index (κ1) is 20.8. The van der Waals surface area contributed by atoms with Crippen LogP contribution in [0.3, 0.4) is 0 Å². The highest BCUT2D eigenvalue weighted by atomic mass is 79.9. The molecule has 1 aliphatic rings. The Morgan fingerprint density at radius 3 is 1.90 bits per heavy atom. The van der Waals surface area contributed by atoms with E-state index >= 15 is 0 Å². The Kier molecular flexibility index (Phi) is 15.4. The fourth-order valence-electron chi connectivity index (χ4n) is 2.50. The maximum Gasteiger partial charge on any atom is 0.157 e. The van der Waals surface area contributed by atoms with Gasteiger partial charge < -0.3 is 9.47 Å². The molecule has 0 aromatic heterocycles. The molecule has 0 bridgehead atoms. The lowest BCUT2D eigenvalue weighted by atomic mass is 10.2. The first-order valence-corrected chi connectivity index (χ1v) is 10.2. The molecule has 122 valence electrons. The predicted octanol–water partition coefficient (Wildman–Crippen LogP) is 5.58. The van der Waals surface area contributed by atoms with Crippen molar-refractivity contribution in [1.29, 1.82) is 0 Å². The molecule has 2 nitrogen and oxygen atoms in total. The molecule has 0 aromatic rings. The molecule has 1 fully saturated rings. The molecule has 0 spiro atoms. The van der Waals surface area contributed by atoms with Gasteiger partial charge in [-0.05, 0) is 50.6 Å². The molecule has 0 amide bonds. The molecule has 0 atom stereocenters. The van der Waals surface area contributed by atoms with Gasteiger partial charge in [0.15, 0.2) is 6.29 Å². The molecular formula is C16H34BrO2P. The maximum absolute atomic E-state index is 5.47. The Morgan fingerprint density at radius 1 is 0.800 bits per heavy atom. The second-order valence-electron chi connectivity index (χ2n) is 5.57. The Hall–Kier alpha value is 0.830. The number of hydrogen-bond donors (Lipinski definition) is 0. The zero-order chi connectivity index (χ0) is 13.8. The average molecular weight is 369 g/mol. The van der Waals surface area contributed by atoms with Crippen molar-refractivity contribution >= 4 is 24.9 Å². The lowest BCUT2D eigenvalue weighted by molar-refractivity contribution is -0.0479. The smallest absolute Gasteiger partial charge is 0.157 e. The largest absolute Gasteiger partial charge is 0.350 e. The van der Waals surface area contributed by atoms with Crippen LogP contribution in [0.4, 0.5) is 0 Å². The van der Waals surface area contributed by atoms with Gasteiger partial charge in [0.1, 0.15) is 0 Å². The predicted molar refractivity (Wildman–Crippen MR) is 95.8 cm³/mol. The molecule has 0 saturated carbocycles. The molecule has 1 saturated heterocycles. The molecule has 4 heteroatoms. The van der Waals surface area contributed by atoms with Crippen molar-refractivity contribution in [3.63, 3.8) is 0 Å². The van der Waals surface area contributed by atoms with Crippen LogP contribution in [0.25, 0.3) is 0 Å². The lowest BCUT2D eigenvalue weighted by Gasteiger charge is -2.17. The van der Waals surface area contributed by atoms with Gasteiger partial charge in [-0.2, -0.15) is 0 Å². The summed E-state index contributed by atoms with van der Waals surface area (Å²) in [5, 5.41) is 0. The van der Waals surface area contributed by atoms with Crippen molar-refractivity contribution in [2.45, 2.75) is 71.5 Å². The summed E-state index contributed by atoms with van der Waals surface area (Å²) < 4.78 is 10.9. The third kappa shape index (κ3) is 10.5. The van der Waals surface area contributed by atoms with Gasteiger partial charge in [-0.1, -0.05) is 33.1 Å². The van der Waals surface area contributed by atoms with Gasteiger partial charge in [-0.3, -0.25) is 0 Å². The highest BCUT2D eigenvalue weighted by Crippen LogP contribution is 2.38. The maximum atomic E-state index is 5.47. The van der Waals surface area contributed by atoms with Gasteiger partial charge in [0.2, 0.25) is 0 Å². The van der Waals surface area contributed by atoms with Crippen LogP contribution in [-0.4, -0.2) is 38.0 Å². The quantitative estimate of drug-likeness (QED) is 0.330. The minimum Gasteiger partial charge on any atom is -0.350 e. The summed E-state index contributed by atoms with van der Waals surface area (Å²) in [6, 6.07) is 0. The number of ether oxygens (including phenoxy) is 2. The number of hydrogen-bond acceptors (Lipinski definition) is 2. The van der Waals surface area contributed by atoms with E-state index in [2.05, 4.69) is 13.8 Å². The van der Waals surface area contributed by atoms with E-state index in [-0.39, 0.29) is 23.3 Å². The summed E-state index contributed by atoms with van der Waals surface area (Å²) in [5.74, 6) is 0. The van der Waals surface area contributed by atoms with Crippen LogP contribution in [0.2, 0.25) is 0 Å². The van der Waals surface area contributed by atoms with Gasteiger partial charge in [0.25, 0.3) is 0 Å². The van der Waals surface area contributed by atoms with Crippen molar-refractivity contribution in [3.8, 4) is 0 Å². The average Bonchev–Trinajstić information content (AvgIpc) is 2.93. The van der Waals surface area contributed by atoms with Gasteiger partial charge in [-0.25, -0.2) is 0 Å². The molecule has 0 radical (unpaired) electrons. The van der Waals surface area contributed by atoms with E-state index in [1.54, 1.807) is 0 Å². The summed E-state index contributed by atoms with van der Waals surface area (Å²) in [6.45, 7) is 6.22. The highest BCUT2D eigenvalue weighted by molar-refractivity contribution is 8.93. The Bertz CT molecular complexity index is 191. The molecule has 0 aromatic carbocycles. The van der Waals surface area contributed by atoms with Crippen LogP contribution in [0.1, 0.15) is 65.2 Å². The summed E-state index contributed by atoms with van der Waals surface area (Å²) in [5.41, 5.74) is 0. The molecule has 20 heavy (non-hydrogen) atoms. The second kappa shape index (κ2) is 14.8. The molecule has 0 N–H and O–H groups in total. The summed E-state index contributed by atoms with van der Waals surface area (Å²) in [7, 11) is 0.338. The fraction of sp³-hybridized carbons (Fsp3) is 1.00. The van der Waals surface area contributed by atoms with E-state index in [4.69, 9.17) is 9.47 Å². The SMILES string of the molecule is Br.CCCCP(CCCC)CCCCCC1OCCO1. The van der Waals surface area contributed by atoms with E-state index in [1.807, 2.05) is 0 Å². The third-order valence-electron chi connectivity index (χ3n) is 3.76. The Morgan fingerprint density at radius 2 is 1.35 bits per heavy atom. The van der Waals surface area contributed by atoms with Gasteiger partial charge in [-0.15, -0.1) is 24.9 Å². The highest BCUT2D eigenvalue weighted by Gasteiger charge is 2.14. The van der Waals surface area contributed by atoms with E-state index in [1.165, 1.54) is 63.4 Å². The minimum absolute atomic E-state index is 0. The molecular weight excluding hydrogens is 335 g/mol. The van der Waals surface area contributed by atoms with Crippen LogP contribution in [0, 0.1) is 0 Å². The van der Waals surface area contributed by atoms with Crippen LogP contribution in [0.15, 0.2) is 0 Å². The van der Waals surface area contributed by atoms with Crippen LogP contribution in [-0.2, 0) is 9.47 Å². The number of halogens is 1. The monoisotopic (exact) mass is 368 g/mol. The van der Waals surface area contributed by atoms with Crippen LogP contribution < -0.4 is 0 Å². The third-order valence-corrected chi connectivity index (χ3v) is 6.61. The van der Waals surface area contributed by atoms with E-state index in [0.717, 1.165) is 19.6 Å². The normalized spacial score (nSPS) is 15.8. The zero-order valence-corrected chi connectivity index (χ0v) is 16.0. The lowest BCUT2D eigenvalue weighted by Crippen LogP contribution is -2.06. The standard InChI is InChI=1S/C16H33O2P.BrH/c1-3-5-13-19(14-6-4-2)15-9-7-8-10-16-17-11-12-18-16;/h16H,3-15H2,1-2H3;1H. The Labute approximate surface area is 137 Å². The van der Waals surface area contributed by atoms with Crippen molar-refractivity contribution in [2.24, 2.45) is 0 Å². The zero-order valence-electron chi connectivity index (χ0n) is 13.4. The molecule has 1 aliphatic heterocycles. The fourth-order valence-corrected chi connectivity index (χ4v) is 5.36. The summed E-state index contributed by atoms with van der Waals surface area (Å²) in [6.07, 6.45) is 15.4. The Balaban J connectivity index is 0.00000361. The molecule has 0 aliphatic carbocycles. The van der Waals surface area contributed by atoms with Crippen molar-refractivity contribution in [1.82, 2.24) is 0 Å². The van der Waals surface area contributed by atoms with Gasteiger partial charge in [0.05, 0.1) is 13.2 Å². The summed E-state index contributed by atoms with van der Waals surface area (Å²) >= 11 is 0. The topological polar surface area (TPSA) is 18.5 Å². The second-order valence-corrected chi connectivity index (χ2v) is 8.25. The molecule has 1 rings (SSSR count). The molecule has 1 heterocycles. The van der Waals surface area contributed by atoms with Crippen molar-refractivity contribution in [3.05, 3.63) is 0 Å². The van der Waals surface area contributed by atoms with Crippen LogP contribution in [0.5, 0.6) is 0 Å². The van der Waals surface area contributed by atoms with Crippen molar-refractivity contribution < 1.29 is 9.47 Å². The first-order chi connectivity index (χ1) is 9.36. The first-order valence-electron chi connectivity index (χ1n) is 8.32. The molecule has 0 unspecified atom stereocenters. The van der Waals surface area contributed by atoms with Gasteiger partial charge in [0, 0.05) is 0 Å². The minimum atomic E-state index is 0. The van der Waals surface area contributed by atoms with E-state index in [9.17, 15) is 0 Å². The van der Waals surface area contributed by atoms with E-state index in [0.29, 0.717) is 7.92 Å².